The largest absolute Gasteiger partial charge is 0.508 e. The van der Waals surface area contributed by atoms with E-state index in [2.05, 4.69) is 45.0 Å². The summed E-state index contributed by atoms with van der Waals surface area (Å²) in [6.45, 7) is 6.69. The molecule has 0 heterocycles. The fraction of sp³-hybridized carbons (Fsp3) is 0.500. The Morgan fingerprint density at radius 1 is 0.720 bits per heavy atom. The van der Waals surface area contributed by atoms with E-state index in [-0.39, 0.29) is 5.41 Å². The van der Waals surface area contributed by atoms with Gasteiger partial charge in [0.1, 0.15) is 5.75 Å². The maximum absolute atomic E-state index is 10.3. The molecular formula is C24H34O. The third-order valence-corrected chi connectivity index (χ3v) is 5.32. The minimum absolute atomic E-state index is 0.191. The zero-order valence-electron chi connectivity index (χ0n) is 16.2. The number of phenols is 1. The summed E-state index contributed by atoms with van der Waals surface area (Å²) in [6.07, 6.45) is 10.5. The highest BCUT2D eigenvalue weighted by atomic mass is 16.3. The molecule has 0 radical (unpaired) electrons. The summed E-state index contributed by atoms with van der Waals surface area (Å²) in [5.74, 6) is 0.387. The highest BCUT2D eigenvalue weighted by Gasteiger charge is 2.27. The molecule has 0 aliphatic carbocycles. The number of benzene rings is 2. The lowest BCUT2D eigenvalue weighted by Crippen LogP contribution is -2.21. The number of para-hydroxylation sites is 1. The highest BCUT2D eigenvalue weighted by molar-refractivity contribution is 5.47. The molecule has 0 aliphatic rings. The maximum Gasteiger partial charge on any atom is 0.119 e. The van der Waals surface area contributed by atoms with Crippen LogP contribution in [0.2, 0.25) is 0 Å². The van der Waals surface area contributed by atoms with Crippen LogP contribution >= 0.6 is 0 Å². The highest BCUT2D eigenvalue weighted by Crippen LogP contribution is 2.38. The van der Waals surface area contributed by atoms with Crippen molar-refractivity contribution in [2.24, 2.45) is 0 Å². The van der Waals surface area contributed by atoms with Crippen molar-refractivity contribution < 1.29 is 5.11 Å². The van der Waals surface area contributed by atoms with Gasteiger partial charge in [0.2, 0.25) is 0 Å². The molecule has 0 amide bonds. The van der Waals surface area contributed by atoms with E-state index in [0.29, 0.717) is 5.75 Å². The zero-order valence-corrected chi connectivity index (χ0v) is 16.2. The lowest BCUT2D eigenvalue weighted by molar-refractivity contribution is 0.452. The third-order valence-electron chi connectivity index (χ3n) is 5.32. The van der Waals surface area contributed by atoms with Crippen molar-refractivity contribution >= 4 is 0 Å². The molecule has 1 N–H and O–H groups in total. The predicted molar refractivity (Wildman–Crippen MR) is 108 cm³/mol. The van der Waals surface area contributed by atoms with Gasteiger partial charge in [0.05, 0.1) is 0 Å². The van der Waals surface area contributed by atoms with E-state index in [9.17, 15) is 5.11 Å². The Bertz CT molecular complexity index is 642. The second-order valence-corrected chi connectivity index (χ2v) is 7.67. The van der Waals surface area contributed by atoms with Crippen molar-refractivity contribution in [1.29, 1.82) is 0 Å². The molecule has 2 rings (SSSR count). The van der Waals surface area contributed by atoms with E-state index in [1.807, 2.05) is 18.2 Å². The van der Waals surface area contributed by atoms with Crippen molar-refractivity contribution in [3.63, 3.8) is 0 Å². The standard InChI is InChI=1S/C24H34O/c1-4-5-6-7-8-9-10-15-20-16-11-12-17-21(20)24(2,3)22-18-13-14-19-23(22)25/h11-14,16-19,25H,4-10,15H2,1-3H3. The first-order valence-corrected chi connectivity index (χ1v) is 9.94. The molecule has 0 atom stereocenters. The molecule has 136 valence electrons. The molecule has 0 unspecified atom stereocenters. The number of rotatable bonds is 10. The summed E-state index contributed by atoms with van der Waals surface area (Å²) < 4.78 is 0. The number of hydrogen-bond acceptors (Lipinski definition) is 1. The maximum atomic E-state index is 10.3. The van der Waals surface area contributed by atoms with Crippen LogP contribution in [-0.2, 0) is 11.8 Å². The van der Waals surface area contributed by atoms with Crippen LogP contribution in [-0.4, -0.2) is 5.11 Å². The summed E-state index contributed by atoms with van der Waals surface area (Å²) in [7, 11) is 0. The molecule has 0 fully saturated rings. The fourth-order valence-electron chi connectivity index (χ4n) is 3.77. The van der Waals surface area contributed by atoms with Crippen LogP contribution < -0.4 is 0 Å². The summed E-state index contributed by atoms with van der Waals surface area (Å²) >= 11 is 0. The number of unbranched alkanes of at least 4 members (excludes halogenated alkanes) is 6. The molecule has 0 aromatic heterocycles. The van der Waals surface area contributed by atoms with Gasteiger partial charge in [-0.25, -0.2) is 0 Å². The van der Waals surface area contributed by atoms with Crippen LogP contribution in [0.4, 0.5) is 0 Å². The van der Waals surface area contributed by atoms with Gasteiger partial charge in [-0.2, -0.15) is 0 Å². The number of aromatic hydroxyl groups is 1. The van der Waals surface area contributed by atoms with Crippen molar-refractivity contribution in [2.45, 2.75) is 77.6 Å². The van der Waals surface area contributed by atoms with Crippen LogP contribution in [0.25, 0.3) is 0 Å². The molecule has 25 heavy (non-hydrogen) atoms. The van der Waals surface area contributed by atoms with Gasteiger partial charge in [-0.05, 0) is 30.0 Å². The Morgan fingerprint density at radius 2 is 1.28 bits per heavy atom. The minimum Gasteiger partial charge on any atom is -0.508 e. The summed E-state index contributed by atoms with van der Waals surface area (Å²) in [6, 6.07) is 16.5. The summed E-state index contributed by atoms with van der Waals surface area (Å²) in [4.78, 5) is 0. The molecule has 0 aliphatic heterocycles. The van der Waals surface area contributed by atoms with Crippen molar-refractivity contribution in [1.82, 2.24) is 0 Å². The number of phenolic OH excluding ortho intramolecular Hbond substituents is 1. The van der Waals surface area contributed by atoms with Crippen LogP contribution in [0.5, 0.6) is 5.75 Å². The van der Waals surface area contributed by atoms with Crippen molar-refractivity contribution in [3.05, 3.63) is 65.2 Å². The van der Waals surface area contributed by atoms with E-state index in [1.165, 1.54) is 56.1 Å². The van der Waals surface area contributed by atoms with Gasteiger partial charge >= 0.3 is 0 Å². The van der Waals surface area contributed by atoms with Crippen molar-refractivity contribution in [3.8, 4) is 5.75 Å². The number of hydrogen-bond donors (Lipinski definition) is 1. The molecular weight excluding hydrogens is 304 g/mol. The van der Waals surface area contributed by atoms with E-state index in [4.69, 9.17) is 0 Å². The monoisotopic (exact) mass is 338 g/mol. The fourth-order valence-corrected chi connectivity index (χ4v) is 3.77. The van der Waals surface area contributed by atoms with Crippen LogP contribution in [0.15, 0.2) is 48.5 Å². The van der Waals surface area contributed by atoms with E-state index < -0.39 is 0 Å². The molecule has 0 spiro atoms. The average molecular weight is 339 g/mol. The molecule has 2 aromatic carbocycles. The Morgan fingerprint density at radius 3 is 1.96 bits per heavy atom. The van der Waals surface area contributed by atoms with Gasteiger partial charge in [0.15, 0.2) is 0 Å². The molecule has 1 heteroatoms. The second kappa shape index (κ2) is 9.65. The van der Waals surface area contributed by atoms with Gasteiger partial charge in [0.25, 0.3) is 0 Å². The van der Waals surface area contributed by atoms with Gasteiger partial charge < -0.3 is 5.11 Å². The van der Waals surface area contributed by atoms with E-state index in [0.717, 1.165) is 12.0 Å². The molecule has 0 bridgehead atoms. The SMILES string of the molecule is CCCCCCCCCc1ccccc1C(C)(C)c1ccccc1O. The Kier molecular flexibility index (Phi) is 7.55. The Labute approximate surface area is 154 Å². The Hall–Kier alpha value is -1.76. The van der Waals surface area contributed by atoms with Gasteiger partial charge in [-0.1, -0.05) is 102 Å². The smallest absolute Gasteiger partial charge is 0.119 e. The first kappa shape index (κ1) is 19.6. The molecule has 1 nitrogen and oxygen atoms in total. The second-order valence-electron chi connectivity index (χ2n) is 7.67. The van der Waals surface area contributed by atoms with E-state index in [1.54, 1.807) is 6.07 Å². The molecule has 0 saturated heterocycles. The summed E-state index contributed by atoms with van der Waals surface area (Å²) in [5, 5.41) is 10.3. The van der Waals surface area contributed by atoms with Crippen LogP contribution in [0.3, 0.4) is 0 Å². The zero-order chi connectivity index (χ0) is 18.1. The van der Waals surface area contributed by atoms with Gasteiger partial charge in [0, 0.05) is 11.0 Å². The third kappa shape index (κ3) is 5.36. The van der Waals surface area contributed by atoms with Crippen LogP contribution in [0, 0.1) is 0 Å². The lowest BCUT2D eigenvalue weighted by Gasteiger charge is -2.29. The normalized spacial score (nSPS) is 11.6. The van der Waals surface area contributed by atoms with Crippen LogP contribution in [0.1, 0.15) is 82.4 Å². The molecule has 2 aromatic rings. The predicted octanol–water partition coefficient (Wildman–Crippen LogP) is 7.01. The average Bonchev–Trinajstić information content (AvgIpc) is 2.61. The quantitative estimate of drug-likeness (QED) is 0.462. The van der Waals surface area contributed by atoms with E-state index >= 15 is 0 Å². The first-order valence-electron chi connectivity index (χ1n) is 9.94. The van der Waals surface area contributed by atoms with Gasteiger partial charge in [-0.15, -0.1) is 0 Å². The van der Waals surface area contributed by atoms with Gasteiger partial charge in [-0.3, -0.25) is 0 Å². The lowest BCUT2D eigenvalue weighted by atomic mass is 9.75. The topological polar surface area (TPSA) is 20.2 Å². The summed E-state index contributed by atoms with van der Waals surface area (Å²) in [5.41, 5.74) is 3.57. The first-order chi connectivity index (χ1) is 12.1. The van der Waals surface area contributed by atoms with Crippen molar-refractivity contribution in [2.75, 3.05) is 0 Å². The number of aryl methyl sites for hydroxylation is 1. The molecule has 0 saturated carbocycles. The minimum atomic E-state index is -0.191. The Balaban J connectivity index is 2.04.